The number of amides is 3. The average molecular weight is 981 g/mol. The van der Waals surface area contributed by atoms with E-state index in [4.69, 9.17) is 9.47 Å². The molecule has 8 rings (SSSR count). The van der Waals surface area contributed by atoms with Gasteiger partial charge in [-0.1, -0.05) is 13.0 Å². The van der Waals surface area contributed by atoms with Gasteiger partial charge in [0.2, 0.25) is 17.7 Å². The van der Waals surface area contributed by atoms with E-state index < -0.39 is 50.4 Å². The number of rotatable bonds is 12. The van der Waals surface area contributed by atoms with Gasteiger partial charge in [-0.3, -0.25) is 38.7 Å². The minimum absolute atomic E-state index is 0.00226. The van der Waals surface area contributed by atoms with E-state index in [1.807, 2.05) is 11.0 Å². The van der Waals surface area contributed by atoms with Gasteiger partial charge in [0.05, 0.1) is 52.2 Å². The summed E-state index contributed by atoms with van der Waals surface area (Å²) in [7, 11) is -2.70. The van der Waals surface area contributed by atoms with E-state index in [1.165, 1.54) is 36.1 Å². The highest BCUT2D eigenvalue weighted by Crippen LogP contribution is 2.42. The third-order valence-electron chi connectivity index (χ3n) is 13.0. The van der Waals surface area contributed by atoms with E-state index in [2.05, 4.69) is 41.2 Å². The fraction of sp³-hybridized carbons (Fsp3) is 0.455. The Hall–Kier alpha value is -5.53. The molecule has 3 N–H and O–H groups in total. The van der Waals surface area contributed by atoms with Crippen LogP contribution in [0.5, 0.6) is 11.5 Å². The van der Waals surface area contributed by atoms with Crippen molar-refractivity contribution in [1.29, 1.82) is 5.26 Å². The number of fused-ring (bicyclic) bond motifs is 1. The fourth-order valence-corrected chi connectivity index (χ4v) is 10.6. The van der Waals surface area contributed by atoms with E-state index in [9.17, 15) is 32.9 Å². The molecule has 5 heterocycles. The number of piperidine rings is 3. The molecule has 17 nitrogen and oxygen atoms in total. The van der Waals surface area contributed by atoms with Gasteiger partial charge in [0, 0.05) is 38.8 Å². The number of likely N-dealkylation sites (tertiary alicyclic amines) is 2. The molecule has 1 aromatic heterocycles. The van der Waals surface area contributed by atoms with Gasteiger partial charge in [-0.15, -0.1) is 0 Å². The molecule has 3 amide bonds. The number of nitrogens with zero attached hydrogens (tertiary/aromatic N) is 6. The summed E-state index contributed by atoms with van der Waals surface area (Å²) in [5.41, 5.74) is -0.111. The zero-order valence-corrected chi connectivity index (χ0v) is 38.1. The maximum atomic E-state index is 15.3. The highest BCUT2D eigenvalue weighted by Gasteiger charge is 2.44. The number of benzene rings is 3. The lowest BCUT2D eigenvalue weighted by Gasteiger charge is -2.40. The second-order valence-electron chi connectivity index (χ2n) is 16.9. The third kappa shape index (κ3) is 9.59. The van der Waals surface area contributed by atoms with Crippen molar-refractivity contribution >= 4 is 66.1 Å². The van der Waals surface area contributed by atoms with E-state index in [1.54, 1.807) is 19.1 Å². The van der Waals surface area contributed by atoms with Crippen molar-refractivity contribution in [3.63, 3.8) is 0 Å². The minimum atomic E-state index is -4.05. The number of carbonyl (C=O) groups excluding carboxylic acids is 3. The topological polar surface area (TPSA) is 208 Å². The monoisotopic (exact) mass is 979 g/mol. The lowest BCUT2D eigenvalue weighted by atomic mass is 9.87. The molecule has 4 aromatic rings. The van der Waals surface area contributed by atoms with Crippen LogP contribution in [0.25, 0.3) is 10.9 Å². The number of hydrogen-bond acceptors (Lipinski definition) is 12. The minimum Gasteiger partial charge on any atom is -0.452 e. The molecule has 4 fully saturated rings. The number of imide groups is 1. The first-order valence-electron chi connectivity index (χ1n) is 21.5. The van der Waals surface area contributed by atoms with Gasteiger partial charge in [0.25, 0.3) is 5.56 Å². The summed E-state index contributed by atoms with van der Waals surface area (Å²) < 4.78 is 73.2. The molecule has 1 unspecified atom stereocenters. The Bertz CT molecular complexity index is 2750. The number of anilines is 2. The van der Waals surface area contributed by atoms with Gasteiger partial charge < -0.3 is 19.7 Å². The van der Waals surface area contributed by atoms with Crippen LogP contribution in [0.4, 0.5) is 20.2 Å². The Balaban J connectivity index is 0.862. The molecular formula is C44H48BrF2N9O8S. The molecule has 3 aromatic carbocycles. The first kappa shape index (κ1) is 46.0. The Morgan fingerprint density at radius 3 is 2.52 bits per heavy atom. The van der Waals surface area contributed by atoms with Crippen LogP contribution in [-0.2, 0) is 29.3 Å². The molecule has 1 spiro atoms. The maximum Gasteiger partial charge on any atom is 0.301 e. The van der Waals surface area contributed by atoms with Crippen molar-refractivity contribution in [2.45, 2.75) is 75.5 Å². The number of nitriles is 1. The van der Waals surface area contributed by atoms with Gasteiger partial charge in [-0.25, -0.2) is 13.8 Å². The van der Waals surface area contributed by atoms with E-state index in [0.29, 0.717) is 81.5 Å². The Morgan fingerprint density at radius 2 is 1.83 bits per heavy atom. The molecule has 344 valence electrons. The normalized spacial score (nSPS) is 20.5. The predicted molar refractivity (Wildman–Crippen MR) is 238 cm³/mol. The summed E-state index contributed by atoms with van der Waals surface area (Å²) in [5, 5.41) is 15.4. The number of ether oxygens (including phenoxy) is 2. The summed E-state index contributed by atoms with van der Waals surface area (Å²) in [5.74, 6) is -2.55. The molecule has 4 aliphatic rings. The largest absolute Gasteiger partial charge is 0.452 e. The first-order valence-corrected chi connectivity index (χ1v) is 23.7. The SMILES string of the molecule is CCN(C)S(=O)(=O)Nc1ccc(F)c(Oc2ccc3ncn([C@@H]4COC5(CCN(C(=O)CN6CCC(c7ccc(NC8CCC(=O)NC8=O)cc7F)CC6)CC5)C4)c(=O)c3c2Br)c1C#N. The van der Waals surface area contributed by atoms with Gasteiger partial charge in [-0.2, -0.15) is 18.0 Å². The highest BCUT2D eigenvalue weighted by molar-refractivity contribution is 9.10. The van der Waals surface area contributed by atoms with Crippen molar-refractivity contribution in [2.24, 2.45) is 0 Å². The molecule has 65 heavy (non-hydrogen) atoms. The maximum absolute atomic E-state index is 15.3. The molecule has 21 heteroatoms. The standard InChI is InChI=1S/C44H48BrF2N9O8S/c1-3-53(2)65(61,62)52-33-7-6-31(46)41(30(33)22-48)64-36-10-8-34-39(40(36)45)43(60)56(25-49-34)28-21-44(63-24-28)14-18-55(19-15-44)38(58)23-54-16-12-26(13-17-54)29-5-4-27(20-32(29)47)50-35-9-11-37(57)51-42(35)59/h4-8,10,20,25-26,28,35,50,52H,3,9,11-19,21,23-24H2,1-2H3,(H,51,57,59)/t28-,35?/m0/s1. The first-order chi connectivity index (χ1) is 31.1. The predicted octanol–water partition coefficient (Wildman–Crippen LogP) is 5.13. The lowest BCUT2D eigenvalue weighted by Crippen LogP contribution is -2.50. The van der Waals surface area contributed by atoms with Crippen LogP contribution < -0.4 is 25.7 Å². The second kappa shape index (κ2) is 18.8. The third-order valence-corrected chi connectivity index (χ3v) is 15.3. The van der Waals surface area contributed by atoms with Crippen LogP contribution >= 0.6 is 15.9 Å². The zero-order chi connectivity index (χ0) is 46.2. The van der Waals surface area contributed by atoms with Crippen LogP contribution in [0, 0.1) is 23.0 Å². The number of carbonyl (C=O) groups is 3. The fourth-order valence-electron chi connectivity index (χ4n) is 9.04. The molecule has 4 saturated heterocycles. The van der Waals surface area contributed by atoms with Gasteiger partial charge in [0.15, 0.2) is 11.6 Å². The van der Waals surface area contributed by atoms with Crippen molar-refractivity contribution < 1.29 is 41.1 Å². The number of hydrogen-bond donors (Lipinski definition) is 3. The highest BCUT2D eigenvalue weighted by atomic mass is 79.9. The van der Waals surface area contributed by atoms with Crippen molar-refractivity contribution in [3.05, 3.63) is 86.4 Å². The summed E-state index contributed by atoms with van der Waals surface area (Å²) >= 11 is 3.45. The molecule has 4 aliphatic heterocycles. The van der Waals surface area contributed by atoms with E-state index >= 15 is 8.78 Å². The average Bonchev–Trinajstić information content (AvgIpc) is 3.69. The zero-order valence-electron chi connectivity index (χ0n) is 35.7. The van der Waals surface area contributed by atoms with Crippen LogP contribution in [-0.4, -0.2) is 114 Å². The van der Waals surface area contributed by atoms with Crippen molar-refractivity contribution in [1.82, 2.24) is 29.0 Å². The second-order valence-corrected chi connectivity index (χ2v) is 19.5. The number of aromatic nitrogens is 2. The molecule has 2 atom stereocenters. The summed E-state index contributed by atoms with van der Waals surface area (Å²) in [6, 6.07) is 10.9. The smallest absolute Gasteiger partial charge is 0.301 e. The van der Waals surface area contributed by atoms with Crippen LogP contribution in [0.15, 0.2) is 58.1 Å². The Kier molecular flexibility index (Phi) is 13.3. The van der Waals surface area contributed by atoms with Gasteiger partial charge in [-0.05, 0) is 115 Å². The number of halogens is 3. The van der Waals surface area contributed by atoms with E-state index in [-0.39, 0.29) is 77.0 Å². The van der Waals surface area contributed by atoms with Gasteiger partial charge in [0.1, 0.15) is 29.2 Å². The summed E-state index contributed by atoms with van der Waals surface area (Å²) in [6.07, 6.45) is 5.09. The quantitative estimate of drug-likeness (QED) is 0.158. The number of nitrogens with one attached hydrogen (secondary N) is 3. The summed E-state index contributed by atoms with van der Waals surface area (Å²) in [4.78, 5) is 59.7. The lowest BCUT2D eigenvalue weighted by molar-refractivity contribution is -0.137. The Labute approximate surface area is 382 Å². The molecule has 0 saturated carbocycles. The van der Waals surface area contributed by atoms with Gasteiger partial charge >= 0.3 is 10.2 Å². The van der Waals surface area contributed by atoms with Crippen LogP contribution in [0.2, 0.25) is 0 Å². The molecule has 0 radical (unpaired) electrons. The molecular weight excluding hydrogens is 933 g/mol. The molecule has 0 aliphatic carbocycles. The van der Waals surface area contributed by atoms with Crippen molar-refractivity contribution in [2.75, 3.05) is 63.0 Å². The summed E-state index contributed by atoms with van der Waals surface area (Å²) in [6.45, 7) is 4.53. The van der Waals surface area contributed by atoms with E-state index in [0.717, 1.165) is 16.4 Å². The molecule has 0 bridgehead atoms. The van der Waals surface area contributed by atoms with Crippen LogP contribution in [0.3, 0.4) is 0 Å². The Morgan fingerprint density at radius 1 is 1.08 bits per heavy atom. The van der Waals surface area contributed by atoms with Crippen molar-refractivity contribution in [3.8, 4) is 17.6 Å². The van der Waals surface area contributed by atoms with Crippen LogP contribution in [0.1, 0.15) is 75.0 Å².